The molecule has 5 heteroatoms. The first kappa shape index (κ1) is 11.0. The summed E-state index contributed by atoms with van der Waals surface area (Å²) in [6, 6.07) is 3.52. The fourth-order valence-electron chi connectivity index (χ4n) is 0.823. The molecule has 0 bridgehead atoms. The van der Waals surface area contributed by atoms with Crippen LogP contribution in [0.2, 0.25) is 0 Å². The number of carboxylic acid groups (broad SMARTS) is 1. The Labute approximate surface area is 90.5 Å². The zero-order chi connectivity index (χ0) is 10.8. The van der Waals surface area contributed by atoms with Crippen molar-refractivity contribution in [3.05, 3.63) is 22.8 Å². The normalized spacial score (nSPS) is 11.1. The molecule has 0 amide bonds. The molecule has 0 aliphatic rings. The predicted octanol–water partition coefficient (Wildman–Crippen LogP) is 2.12. The maximum absolute atomic E-state index is 10.8. The average Bonchev–Trinajstić information content (AvgIpc) is 2.08. The van der Waals surface area contributed by atoms with Gasteiger partial charge in [-0.2, -0.15) is 0 Å². The van der Waals surface area contributed by atoms with Crippen molar-refractivity contribution in [2.45, 2.75) is 19.4 Å². The molecule has 0 fully saturated rings. The number of rotatable bonds is 3. The molecule has 0 atom stereocenters. The number of pyridine rings is 1. The minimum atomic E-state index is -1.01. The topological polar surface area (TPSA) is 62.2 Å². The van der Waals surface area contributed by atoms with Gasteiger partial charge in [0.2, 0.25) is 0 Å². The molecule has 0 aromatic carbocycles. The number of anilines is 1. The van der Waals surface area contributed by atoms with Gasteiger partial charge in [0.15, 0.2) is 0 Å². The third kappa shape index (κ3) is 2.70. The SMILES string of the molecule is CC(C)(Nc1ccc(Br)cn1)C(=O)O. The Morgan fingerprint density at radius 2 is 2.21 bits per heavy atom. The van der Waals surface area contributed by atoms with Crippen LogP contribution in [0.1, 0.15) is 13.8 Å². The van der Waals surface area contributed by atoms with Crippen LogP contribution >= 0.6 is 15.9 Å². The van der Waals surface area contributed by atoms with Gasteiger partial charge in [-0.05, 0) is 41.9 Å². The van der Waals surface area contributed by atoms with Crippen LogP contribution < -0.4 is 5.32 Å². The highest BCUT2D eigenvalue weighted by Crippen LogP contribution is 2.15. The summed E-state index contributed by atoms with van der Waals surface area (Å²) in [7, 11) is 0. The van der Waals surface area contributed by atoms with E-state index in [4.69, 9.17) is 5.11 Å². The number of nitrogens with zero attached hydrogens (tertiary/aromatic N) is 1. The van der Waals surface area contributed by atoms with Crippen molar-refractivity contribution < 1.29 is 9.90 Å². The van der Waals surface area contributed by atoms with E-state index in [9.17, 15) is 4.79 Å². The minimum absolute atomic E-state index is 0.542. The van der Waals surface area contributed by atoms with Crippen molar-refractivity contribution in [1.29, 1.82) is 0 Å². The van der Waals surface area contributed by atoms with Crippen molar-refractivity contribution in [1.82, 2.24) is 4.98 Å². The first-order valence-corrected chi connectivity index (χ1v) is 4.84. The molecule has 14 heavy (non-hydrogen) atoms. The third-order valence-corrected chi connectivity index (χ3v) is 2.17. The first-order chi connectivity index (χ1) is 6.42. The highest BCUT2D eigenvalue weighted by molar-refractivity contribution is 9.10. The van der Waals surface area contributed by atoms with Crippen molar-refractivity contribution in [2.24, 2.45) is 0 Å². The van der Waals surface area contributed by atoms with E-state index in [1.165, 1.54) is 0 Å². The Bertz CT molecular complexity index is 335. The maximum Gasteiger partial charge on any atom is 0.328 e. The number of halogens is 1. The smallest absolute Gasteiger partial charge is 0.328 e. The minimum Gasteiger partial charge on any atom is -0.480 e. The molecule has 0 radical (unpaired) electrons. The average molecular weight is 259 g/mol. The lowest BCUT2D eigenvalue weighted by Gasteiger charge is -2.21. The second kappa shape index (κ2) is 3.96. The summed E-state index contributed by atoms with van der Waals surface area (Å²) >= 11 is 3.25. The van der Waals surface area contributed by atoms with E-state index in [2.05, 4.69) is 26.2 Å². The van der Waals surface area contributed by atoms with Crippen molar-refractivity contribution in [2.75, 3.05) is 5.32 Å². The van der Waals surface area contributed by atoms with E-state index in [1.807, 2.05) is 0 Å². The molecule has 0 unspecified atom stereocenters. The van der Waals surface area contributed by atoms with Gasteiger partial charge in [-0.3, -0.25) is 0 Å². The van der Waals surface area contributed by atoms with Crippen molar-refractivity contribution >= 4 is 27.7 Å². The summed E-state index contributed by atoms with van der Waals surface area (Å²) in [4.78, 5) is 14.8. The van der Waals surface area contributed by atoms with Crippen LogP contribution in [0.4, 0.5) is 5.82 Å². The Hall–Kier alpha value is -1.10. The molecule has 0 aliphatic heterocycles. The van der Waals surface area contributed by atoms with E-state index in [0.29, 0.717) is 5.82 Å². The lowest BCUT2D eigenvalue weighted by molar-refractivity contribution is -0.141. The van der Waals surface area contributed by atoms with Gasteiger partial charge in [0.25, 0.3) is 0 Å². The Balaban J connectivity index is 2.79. The Kier molecular flexibility index (Phi) is 3.10. The van der Waals surface area contributed by atoms with Gasteiger partial charge in [-0.1, -0.05) is 0 Å². The lowest BCUT2D eigenvalue weighted by atomic mass is 10.1. The number of carboxylic acids is 1. The Morgan fingerprint density at radius 3 is 2.64 bits per heavy atom. The van der Waals surface area contributed by atoms with E-state index >= 15 is 0 Å². The van der Waals surface area contributed by atoms with Crippen molar-refractivity contribution in [3.63, 3.8) is 0 Å². The van der Waals surface area contributed by atoms with E-state index in [1.54, 1.807) is 32.2 Å². The van der Waals surface area contributed by atoms with Gasteiger partial charge in [0, 0.05) is 10.7 Å². The summed E-state index contributed by atoms with van der Waals surface area (Å²) in [5.74, 6) is -0.372. The fourth-order valence-corrected chi connectivity index (χ4v) is 1.06. The van der Waals surface area contributed by atoms with Crippen LogP contribution in [0.15, 0.2) is 22.8 Å². The molecular formula is C9H11BrN2O2. The van der Waals surface area contributed by atoms with Crippen LogP contribution in [0.3, 0.4) is 0 Å². The van der Waals surface area contributed by atoms with E-state index in [0.717, 1.165) is 4.47 Å². The number of hydrogen-bond acceptors (Lipinski definition) is 3. The molecule has 1 rings (SSSR count). The molecule has 2 N–H and O–H groups in total. The van der Waals surface area contributed by atoms with Crippen LogP contribution in [-0.2, 0) is 4.79 Å². The zero-order valence-electron chi connectivity index (χ0n) is 7.91. The second-order valence-corrected chi connectivity index (χ2v) is 4.33. The quantitative estimate of drug-likeness (QED) is 0.872. The fraction of sp³-hybridized carbons (Fsp3) is 0.333. The summed E-state index contributed by atoms with van der Waals surface area (Å²) in [6.45, 7) is 3.16. The summed E-state index contributed by atoms with van der Waals surface area (Å²) in [5.41, 5.74) is -1.01. The summed E-state index contributed by atoms with van der Waals surface area (Å²) < 4.78 is 0.858. The van der Waals surface area contributed by atoms with Crippen LogP contribution in [0.5, 0.6) is 0 Å². The molecule has 0 saturated heterocycles. The van der Waals surface area contributed by atoms with Gasteiger partial charge >= 0.3 is 5.97 Å². The molecule has 0 aliphatic carbocycles. The zero-order valence-corrected chi connectivity index (χ0v) is 9.50. The number of aliphatic carboxylic acids is 1. The van der Waals surface area contributed by atoms with Crippen LogP contribution in [0, 0.1) is 0 Å². The van der Waals surface area contributed by atoms with E-state index in [-0.39, 0.29) is 0 Å². The summed E-state index contributed by atoms with van der Waals surface area (Å²) in [5, 5.41) is 11.7. The highest BCUT2D eigenvalue weighted by Gasteiger charge is 2.26. The van der Waals surface area contributed by atoms with Crippen LogP contribution in [0.25, 0.3) is 0 Å². The number of nitrogens with one attached hydrogen (secondary N) is 1. The molecule has 1 aromatic rings. The van der Waals surface area contributed by atoms with Gasteiger partial charge in [0.05, 0.1) is 0 Å². The van der Waals surface area contributed by atoms with Gasteiger partial charge in [-0.15, -0.1) is 0 Å². The lowest BCUT2D eigenvalue weighted by Crippen LogP contribution is -2.40. The monoisotopic (exact) mass is 258 g/mol. The molecule has 4 nitrogen and oxygen atoms in total. The molecule has 1 heterocycles. The number of hydrogen-bond donors (Lipinski definition) is 2. The standard InChI is InChI=1S/C9H11BrN2O2/c1-9(2,8(13)14)12-7-4-3-6(10)5-11-7/h3-5H,1-2H3,(H,11,12)(H,13,14). The van der Waals surface area contributed by atoms with Gasteiger partial charge in [-0.25, -0.2) is 9.78 Å². The third-order valence-electron chi connectivity index (χ3n) is 1.70. The second-order valence-electron chi connectivity index (χ2n) is 3.42. The molecule has 1 aromatic heterocycles. The largest absolute Gasteiger partial charge is 0.480 e. The number of aromatic nitrogens is 1. The molecule has 0 saturated carbocycles. The predicted molar refractivity (Wildman–Crippen MR) is 57.3 cm³/mol. The summed E-state index contributed by atoms with van der Waals surface area (Å²) in [6.07, 6.45) is 1.61. The van der Waals surface area contributed by atoms with Gasteiger partial charge < -0.3 is 10.4 Å². The first-order valence-electron chi connectivity index (χ1n) is 4.05. The molecule has 0 spiro atoms. The molecular weight excluding hydrogens is 248 g/mol. The highest BCUT2D eigenvalue weighted by atomic mass is 79.9. The number of carbonyl (C=O) groups is 1. The van der Waals surface area contributed by atoms with Crippen LogP contribution in [-0.4, -0.2) is 21.6 Å². The van der Waals surface area contributed by atoms with E-state index < -0.39 is 11.5 Å². The maximum atomic E-state index is 10.8. The Morgan fingerprint density at radius 1 is 1.57 bits per heavy atom. The van der Waals surface area contributed by atoms with Crippen molar-refractivity contribution in [3.8, 4) is 0 Å². The van der Waals surface area contributed by atoms with Gasteiger partial charge in [0.1, 0.15) is 11.4 Å². The molecule has 76 valence electrons.